The minimum atomic E-state index is -1.36. The van der Waals surface area contributed by atoms with E-state index in [-0.39, 0.29) is 5.92 Å². The van der Waals surface area contributed by atoms with E-state index in [1.165, 1.54) is 0 Å². The SMILES string of the molecule is CCCN(C=O)CCC(C)(F)C1C=CC(C#N)=CC1. The lowest BCUT2D eigenvalue weighted by Crippen LogP contribution is -2.35. The summed E-state index contributed by atoms with van der Waals surface area (Å²) in [6, 6.07) is 2.05. The van der Waals surface area contributed by atoms with Crippen LogP contribution in [0.3, 0.4) is 0 Å². The van der Waals surface area contributed by atoms with E-state index in [2.05, 4.69) is 0 Å². The van der Waals surface area contributed by atoms with E-state index in [0.29, 0.717) is 31.5 Å². The van der Waals surface area contributed by atoms with Crippen LogP contribution in [-0.4, -0.2) is 30.1 Å². The standard InChI is InChI=1S/C15H21FN2O/c1-3-9-18(12-19)10-8-15(2,16)14-6-4-13(11-17)5-7-14/h4-6,12,14H,3,7-10H2,1-2H3. The van der Waals surface area contributed by atoms with E-state index in [1.807, 2.05) is 13.0 Å². The molecule has 0 N–H and O–H groups in total. The molecule has 0 saturated carbocycles. The predicted octanol–water partition coefficient (Wildman–Crippen LogP) is 3.00. The Morgan fingerprint density at radius 3 is 2.84 bits per heavy atom. The number of rotatable bonds is 7. The molecule has 0 aromatic carbocycles. The average Bonchev–Trinajstić information content (AvgIpc) is 2.43. The molecule has 19 heavy (non-hydrogen) atoms. The van der Waals surface area contributed by atoms with E-state index in [0.717, 1.165) is 12.8 Å². The van der Waals surface area contributed by atoms with Gasteiger partial charge in [0.2, 0.25) is 6.41 Å². The number of carbonyl (C=O) groups is 1. The van der Waals surface area contributed by atoms with Crippen molar-refractivity contribution in [2.24, 2.45) is 5.92 Å². The Bertz CT molecular complexity index is 407. The van der Waals surface area contributed by atoms with E-state index >= 15 is 0 Å². The maximum Gasteiger partial charge on any atom is 0.209 e. The molecule has 0 aromatic rings. The summed E-state index contributed by atoms with van der Waals surface area (Å²) in [5.74, 6) is -0.222. The molecule has 3 nitrogen and oxygen atoms in total. The topological polar surface area (TPSA) is 44.1 Å². The van der Waals surface area contributed by atoms with Gasteiger partial charge in [-0.3, -0.25) is 4.79 Å². The van der Waals surface area contributed by atoms with Crippen molar-refractivity contribution in [1.82, 2.24) is 4.90 Å². The van der Waals surface area contributed by atoms with E-state index in [1.54, 1.807) is 30.1 Å². The van der Waals surface area contributed by atoms with Gasteiger partial charge < -0.3 is 4.90 Å². The average molecular weight is 264 g/mol. The minimum Gasteiger partial charge on any atom is -0.345 e. The second kappa shape index (κ2) is 7.08. The van der Waals surface area contributed by atoms with Crippen LogP contribution in [0.25, 0.3) is 0 Å². The molecule has 2 unspecified atom stereocenters. The van der Waals surface area contributed by atoms with Gasteiger partial charge in [0.05, 0.1) is 6.07 Å². The molecular weight excluding hydrogens is 243 g/mol. The summed E-state index contributed by atoms with van der Waals surface area (Å²) < 4.78 is 14.6. The molecule has 0 bridgehead atoms. The Hall–Kier alpha value is -1.63. The third-order valence-corrected chi connectivity index (χ3v) is 3.55. The van der Waals surface area contributed by atoms with Crippen LogP contribution in [0, 0.1) is 17.2 Å². The number of hydrogen-bond acceptors (Lipinski definition) is 2. The predicted molar refractivity (Wildman–Crippen MR) is 73.0 cm³/mol. The second-order valence-electron chi connectivity index (χ2n) is 5.14. The number of amides is 1. The van der Waals surface area contributed by atoms with Crippen molar-refractivity contribution >= 4 is 6.41 Å². The quantitative estimate of drug-likeness (QED) is 0.663. The molecule has 104 valence electrons. The van der Waals surface area contributed by atoms with Gasteiger partial charge in [-0.25, -0.2) is 4.39 Å². The third kappa shape index (κ3) is 4.51. The molecule has 0 aromatic heterocycles. The maximum atomic E-state index is 14.6. The fourth-order valence-corrected chi connectivity index (χ4v) is 2.20. The summed E-state index contributed by atoms with van der Waals surface area (Å²) in [6.07, 6.45) is 7.73. The number of nitrogens with zero attached hydrogens (tertiary/aromatic N) is 2. The lowest BCUT2D eigenvalue weighted by atomic mass is 9.82. The Labute approximate surface area is 114 Å². The largest absolute Gasteiger partial charge is 0.345 e. The van der Waals surface area contributed by atoms with Gasteiger partial charge in [-0.15, -0.1) is 0 Å². The van der Waals surface area contributed by atoms with Crippen LogP contribution in [0.5, 0.6) is 0 Å². The van der Waals surface area contributed by atoms with Crippen LogP contribution in [-0.2, 0) is 4.79 Å². The van der Waals surface area contributed by atoms with Gasteiger partial charge in [0, 0.05) is 24.6 Å². The Kier molecular flexibility index (Phi) is 5.75. The van der Waals surface area contributed by atoms with Crippen molar-refractivity contribution in [3.8, 4) is 6.07 Å². The smallest absolute Gasteiger partial charge is 0.209 e. The summed E-state index contributed by atoms with van der Waals surface area (Å²) in [6.45, 7) is 4.66. The zero-order valence-corrected chi connectivity index (χ0v) is 11.6. The molecule has 0 heterocycles. The molecule has 0 saturated heterocycles. The molecule has 0 spiro atoms. The number of allylic oxidation sites excluding steroid dienone is 4. The number of nitriles is 1. The van der Waals surface area contributed by atoms with Crippen LogP contribution in [0.15, 0.2) is 23.8 Å². The Morgan fingerprint density at radius 1 is 1.63 bits per heavy atom. The molecule has 2 atom stereocenters. The van der Waals surface area contributed by atoms with Crippen LogP contribution in [0.1, 0.15) is 33.1 Å². The highest BCUT2D eigenvalue weighted by Gasteiger charge is 2.33. The maximum absolute atomic E-state index is 14.6. The first-order valence-corrected chi connectivity index (χ1v) is 6.70. The van der Waals surface area contributed by atoms with Crippen LogP contribution < -0.4 is 0 Å². The molecule has 1 aliphatic carbocycles. The number of carbonyl (C=O) groups excluding carboxylic acids is 1. The van der Waals surface area contributed by atoms with Gasteiger partial charge in [0.1, 0.15) is 5.67 Å². The van der Waals surface area contributed by atoms with Crippen molar-refractivity contribution in [3.05, 3.63) is 23.8 Å². The van der Waals surface area contributed by atoms with Crippen LogP contribution >= 0.6 is 0 Å². The van der Waals surface area contributed by atoms with Crippen LogP contribution in [0.4, 0.5) is 4.39 Å². The van der Waals surface area contributed by atoms with E-state index in [4.69, 9.17) is 5.26 Å². The fraction of sp³-hybridized carbons (Fsp3) is 0.600. The first kappa shape index (κ1) is 15.4. The summed E-state index contributed by atoms with van der Waals surface area (Å²) in [5.41, 5.74) is -0.768. The summed E-state index contributed by atoms with van der Waals surface area (Å²) in [5, 5.41) is 8.74. The first-order chi connectivity index (χ1) is 9.03. The molecule has 0 fully saturated rings. The highest BCUT2D eigenvalue weighted by molar-refractivity contribution is 5.46. The molecule has 0 aliphatic heterocycles. The van der Waals surface area contributed by atoms with Crippen LogP contribution in [0.2, 0.25) is 0 Å². The number of halogens is 1. The molecule has 1 aliphatic rings. The fourth-order valence-electron chi connectivity index (χ4n) is 2.20. The van der Waals surface area contributed by atoms with Gasteiger partial charge in [-0.05, 0) is 32.3 Å². The van der Waals surface area contributed by atoms with Crippen molar-refractivity contribution in [2.75, 3.05) is 13.1 Å². The van der Waals surface area contributed by atoms with E-state index in [9.17, 15) is 9.18 Å². The third-order valence-electron chi connectivity index (χ3n) is 3.55. The van der Waals surface area contributed by atoms with Gasteiger partial charge in [0.25, 0.3) is 0 Å². The first-order valence-electron chi connectivity index (χ1n) is 6.70. The summed E-state index contributed by atoms with van der Waals surface area (Å²) >= 11 is 0. The number of hydrogen-bond donors (Lipinski definition) is 0. The lowest BCUT2D eigenvalue weighted by Gasteiger charge is -2.31. The van der Waals surface area contributed by atoms with E-state index < -0.39 is 5.67 Å². The van der Waals surface area contributed by atoms with Gasteiger partial charge in [-0.2, -0.15) is 5.26 Å². The van der Waals surface area contributed by atoms with Gasteiger partial charge >= 0.3 is 0 Å². The molecule has 1 rings (SSSR count). The highest BCUT2D eigenvalue weighted by atomic mass is 19.1. The van der Waals surface area contributed by atoms with Gasteiger partial charge in [-0.1, -0.05) is 19.1 Å². The highest BCUT2D eigenvalue weighted by Crippen LogP contribution is 2.33. The monoisotopic (exact) mass is 264 g/mol. The van der Waals surface area contributed by atoms with Crippen molar-refractivity contribution in [2.45, 2.75) is 38.8 Å². The molecular formula is C15H21FN2O. The lowest BCUT2D eigenvalue weighted by molar-refractivity contribution is -0.118. The molecule has 4 heteroatoms. The van der Waals surface area contributed by atoms with Crippen molar-refractivity contribution in [3.63, 3.8) is 0 Å². The van der Waals surface area contributed by atoms with Gasteiger partial charge in [0.15, 0.2) is 0 Å². The van der Waals surface area contributed by atoms with Crippen molar-refractivity contribution < 1.29 is 9.18 Å². The van der Waals surface area contributed by atoms with Crippen molar-refractivity contribution in [1.29, 1.82) is 5.26 Å². The second-order valence-corrected chi connectivity index (χ2v) is 5.14. The Morgan fingerprint density at radius 2 is 2.37 bits per heavy atom. The molecule has 0 radical (unpaired) electrons. The zero-order chi connectivity index (χ0) is 14.3. The zero-order valence-electron chi connectivity index (χ0n) is 11.6. The minimum absolute atomic E-state index is 0.222. The summed E-state index contributed by atoms with van der Waals surface area (Å²) in [7, 11) is 0. The number of alkyl halides is 1. The summed E-state index contributed by atoms with van der Waals surface area (Å²) in [4.78, 5) is 12.4. The normalized spacial score (nSPS) is 21.2. The Balaban J connectivity index is 2.53. The molecule has 1 amide bonds.